The van der Waals surface area contributed by atoms with Gasteiger partial charge in [0.1, 0.15) is 0 Å². The van der Waals surface area contributed by atoms with Gasteiger partial charge in [0.15, 0.2) is 0 Å². The Morgan fingerprint density at radius 3 is 0.845 bits per heavy atom. The number of benzene rings is 17. The largest absolute Gasteiger partial charge is 0.305 e. The van der Waals surface area contributed by atoms with Crippen LogP contribution in [0.1, 0.15) is 5.56 Å². The van der Waals surface area contributed by atoms with E-state index in [1.165, 1.54) is 156 Å². The van der Waals surface area contributed by atoms with Crippen molar-refractivity contribution in [3.05, 3.63) is 449 Å². The molecule has 6 aromatic heterocycles. The Morgan fingerprint density at radius 2 is 0.480 bits per heavy atom. The molecule has 0 aliphatic heterocycles. The van der Waals surface area contributed by atoms with Crippen LogP contribution >= 0.6 is 0 Å². The number of pyridine rings is 6. The van der Waals surface area contributed by atoms with Crippen LogP contribution in [0.2, 0.25) is 118 Å². The van der Waals surface area contributed by atoms with Crippen LogP contribution < -0.4 is 31.1 Å². The summed E-state index contributed by atoms with van der Waals surface area (Å²) in [7, 11) is -7.86. The minimum atomic E-state index is -1.39. The summed E-state index contributed by atoms with van der Waals surface area (Å²) >= 11 is 0. The zero-order valence-corrected chi connectivity index (χ0v) is 101. The molecule has 3 radical (unpaired) electrons. The van der Waals surface area contributed by atoms with Crippen LogP contribution in [0.4, 0.5) is 0 Å². The van der Waals surface area contributed by atoms with Crippen LogP contribution in [-0.2, 0) is 60.3 Å². The predicted molar refractivity (Wildman–Crippen MR) is 642 cm³/mol. The molecule has 0 N–H and O–H groups in total. The van der Waals surface area contributed by atoms with E-state index in [9.17, 15) is 0 Å². The Kier molecular flexibility index (Phi) is 34.7. The first kappa shape index (κ1) is 109. The molecule has 0 spiro atoms. The van der Waals surface area contributed by atoms with E-state index in [4.69, 9.17) is 15.0 Å². The van der Waals surface area contributed by atoms with Crippen molar-refractivity contribution in [3.63, 3.8) is 0 Å². The van der Waals surface area contributed by atoms with E-state index in [2.05, 4.69) is 498 Å². The van der Waals surface area contributed by atoms with Gasteiger partial charge in [-0.05, 0) is 152 Å². The molecule has 15 heteroatoms. The van der Waals surface area contributed by atoms with Gasteiger partial charge in [-0.15, -0.1) is 177 Å². The molecule has 0 aliphatic carbocycles. The summed E-state index contributed by atoms with van der Waals surface area (Å²) in [4.78, 5) is 27.6. The zero-order chi connectivity index (χ0) is 102. The molecule has 743 valence electrons. The van der Waals surface area contributed by atoms with E-state index in [0.717, 1.165) is 67.5 Å². The Bertz CT molecular complexity index is 8290. The van der Waals surface area contributed by atoms with E-state index in [1.807, 2.05) is 85.3 Å². The van der Waals surface area contributed by atoms with E-state index in [1.54, 1.807) is 0 Å². The first-order valence-electron chi connectivity index (χ1n) is 50.3. The molecule has 148 heavy (non-hydrogen) atoms. The molecule has 0 unspecified atom stereocenters. The van der Waals surface area contributed by atoms with Gasteiger partial charge in [0, 0.05) is 97.5 Å². The van der Waals surface area contributed by atoms with Crippen molar-refractivity contribution in [2.45, 2.75) is 125 Å². The fraction of sp³-hybridized carbons (Fsp3) is 0.143. The average molecular weight is 2550 g/mol. The van der Waals surface area contributed by atoms with Gasteiger partial charge in [-0.2, -0.15) is 0 Å². The molecule has 23 rings (SSSR count). The smallest absolute Gasteiger partial charge is 0.0798 e. The Labute approximate surface area is 921 Å². The van der Waals surface area contributed by atoms with Gasteiger partial charge in [0.2, 0.25) is 0 Å². The van der Waals surface area contributed by atoms with E-state index >= 15 is 0 Å². The number of aryl methyl sites for hydroxylation is 1. The molecule has 0 atom stereocenters. The van der Waals surface area contributed by atoms with Crippen LogP contribution in [0, 0.1) is 43.3 Å². The summed E-state index contributed by atoms with van der Waals surface area (Å²) in [5.41, 5.74) is 18.7. The van der Waals surface area contributed by atoms with E-state index in [0.29, 0.717) is 0 Å². The number of nitrogens with zero attached hydrogens (tertiary/aromatic N) is 6. The quantitative estimate of drug-likeness (QED) is 0.0613. The maximum absolute atomic E-state index is 4.84. The van der Waals surface area contributed by atoms with Crippen molar-refractivity contribution < 1.29 is 60.3 Å². The van der Waals surface area contributed by atoms with E-state index < -0.39 is 48.4 Å². The van der Waals surface area contributed by atoms with Crippen molar-refractivity contribution in [2.75, 3.05) is 0 Å². The first-order valence-corrected chi connectivity index (χ1v) is 71.3. The van der Waals surface area contributed by atoms with Gasteiger partial charge in [0.05, 0.1) is 48.4 Å². The van der Waals surface area contributed by atoms with Gasteiger partial charge in [-0.25, -0.2) is 0 Å². The van der Waals surface area contributed by atoms with Gasteiger partial charge in [-0.3, -0.25) is 0 Å². The van der Waals surface area contributed by atoms with E-state index in [-0.39, 0.29) is 60.3 Å². The third-order valence-corrected chi connectivity index (χ3v) is 39.6. The van der Waals surface area contributed by atoms with Crippen LogP contribution in [0.5, 0.6) is 0 Å². The fourth-order valence-electron chi connectivity index (χ4n) is 19.0. The maximum Gasteiger partial charge on any atom is 0.0798 e. The summed E-state index contributed by atoms with van der Waals surface area (Å²) in [6.07, 6.45) is 11.8. The second kappa shape index (κ2) is 47.0. The topological polar surface area (TPSA) is 77.3 Å². The molecule has 0 bridgehead atoms. The summed E-state index contributed by atoms with van der Waals surface area (Å²) in [5, 5.41) is 31.4. The van der Waals surface area contributed by atoms with Crippen molar-refractivity contribution in [1.82, 2.24) is 29.9 Å². The number of hydrogen-bond donors (Lipinski definition) is 0. The Morgan fingerprint density at radius 1 is 0.176 bits per heavy atom. The normalized spacial score (nSPS) is 11.6. The molecule has 6 nitrogen and oxygen atoms in total. The molecule has 17 aromatic carbocycles. The SMILES string of the molecule is C[Si](C)(C)c1cc[c-]c(-c2ccccn2)c1.C[Si](C)(C)c1cc[c-]c(-c2ccccn2)c1.C[Si](C)(C)c1ccc(-c2[c-]cc3c4ccc(-c5ccc(-c6ccccc6)cc5)cc4c4ccccc4c3c2)nc1.C[Si](C)(C)c1ccc(-c2[c-]cc3c4ccccc4c4ccccc4c3c2)nc1.C[Si](C)(C)c1ccnc(-c2[c-]cccc2)c1.Cc1cc(-c2[c-]cc3c4ccccc4c4ccccc4c3c2)ncc1[Si](C)(C)C.[Ir].[Ir].[Ir]. The van der Waals surface area contributed by atoms with Crippen LogP contribution in [-0.4, -0.2) is 78.3 Å². The first-order chi connectivity index (χ1) is 69.6. The predicted octanol–water partition coefficient (Wildman–Crippen LogP) is 32.6. The average Bonchev–Trinajstić information content (AvgIpc) is 0.744. The standard InChI is InChI=1S/C38H30NSi.C27H24NSi.C26H22NSi.3C14H16NSi.3Ir/c1-40(2,3)31-19-22-38(39-25-31)30-18-21-35-34-20-17-29(23-36(34)32-11-7-8-12-33(32)37(35)24-30)28-15-13-27(14-16-28)26-9-5-4-6-10-26;1-18-15-26(28-17-27(18)29(2,3)4)19-13-14-24-22-11-6-5-9-20(22)21-10-7-8-12-23(21)25(24)16-19;1-28(2,3)19-13-15-26(27-17-19)18-12-14-24-22-10-5-4-8-20(22)21-9-6-7-11-23(21)25(24)16-18;2*1-16(2,3)13-8-6-7-12(11-13)14-9-4-5-10-15-14;1-16(2,3)13-9-10-15-14(11-13)12-7-5-4-6-8-12;;;/h4-17,19-25H,1-3H3;5-12,14-17H,1-4H3;4-11,13-17H,1-3H3;2*4-6,8-11H,1-3H3;4-7,9-11H,1-3H3;;;/q6*-1;;;. The van der Waals surface area contributed by atoms with Crippen LogP contribution in [0.3, 0.4) is 0 Å². The van der Waals surface area contributed by atoms with Crippen LogP contribution in [0.25, 0.3) is 187 Å². The third-order valence-electron chi connectivity index (χ3n) is 27.3. The minimum Gasteiger partial charge on any atom is -0.305 e. The van der Waals surface area contributed by atoms with Crippen molar-refractivity contribution in [3.8, 4) is 89.8 Å². The minimum absolute atomic E-state index is 0. The van der Waals surface area contributed by atoms with Crippen LogP contribution in [0.15, 0.2) is 407 Å². The molecule has 23 aromatic rings. The maximum atomic E-state index is 4.84. The van der Waals surface area contributed by atoms with Gasteiger partial charge < -0.3 is 29.9 Å². The molecule has 0 amide bonds. The molecular formula is C133H124Ir3N6Si6-6. The van der Waals surface area contributed by atoms with Crippen molar-refractivity contribution >= 4 is 177 Å². The fourth-order valence-corrected chi connectivity index (χ4v) is 26.2. The number of aromatic nitrogens is 6. The summed E-state index contributed by atoms with van der Waals surface area (Å²) < 4.78 is 0. The van der Waals surface area contributed by atoms with Crippen molar-refractivity contribution in [2.24, 2.45) is 0 Å². The molecule has 0 saturated carbocycles. The third kappa shape index (κ3) is 25.3. The zero-order valence-electron chi connectivity index (χ0n) is 87.9. The second-order valence-corrected chi connectivity index (χ2v) is 74.2. The monoisotopic (exact) mass is 2550 g/mol. The van der Waals surface area contributed by atoms with Crippen molar-refractivity contribution in [1.29, 1.82) is 0 Å². The summed E-state index contributed by atoms with van der Waals surface area (Å²) in [6, 6.07) is 151. The Balaban J connectivity index is 0.000000137. The molecular weight excluding hydrogens is 2430 g/mol. The number of hydrogen-bond acceptors (Lipinski definition) is 6. The molecule has 0 aliphatic rings. The summed E-state index contributed by atoms with van der Waals surface area (Å²) in [5.74, 6) is 0. The van der Waals surface area contributed by atoms with Gasteiger partial charge in [0.25, 0.3) is 0 Å². The summed E-state index contributed by atoms with van der Waals surface area (Å²) in [6.45, 7) is 44.6. The molecule has 0 saturated heterocycles. The molecule has 6 heterocycles. The van der Waals surface area contributed by atoms with Gasteiger partial charge in [-0.1, -0.05) is 426 Å². The number of rotatable bonds is 14. The second-order valence-electron chi connectivity index (χ2n) is 43.8. The number of fused-ring (bicyclic) bond motifs is 18. The molecule has 0 fully saturated rings. The van der Waals surface area contributed by atoms with Gasteiger partial charge >= 0.3 is 0 Å². The Hall–Kier alpha value is -12.8.